The smallest absolute Gasteiger partial charge is 0.410 e. The number of nitrogens with two attached hydrogens (primary N) is 1. The molecule has 139 heavy (non-hydrogen) atoms. The number of nitrogens with one attached hydrogen (secondary N) is 2. The molecular formula is C104H133N15O12S8. The van der Waals surface area contributed by atoms with Gasteiger partial charge in [-0.25, -0.2) is 39.1 Å². The topological polar surface area (TPSA) is 340 Å². The second-order valence-corrected chi connectivity index (χ2v) is 48.5. The van der Waals surface area contributed by atoms with Gasteiger partial charge >= 0.3 is 24.4 Å². The van der Waals surface area contributed by atoms with E-state index in [1.165, 1.54) is 46.0 Å². The molecule has 744 valence electrons. The summed E-state index contributed by atoms with van der Waals surface area (Å²) in [4.78, 5) is 151. The average molecular weight is 2040 g/mol. The molecule has 27 nitrogen and oxygen atoms in total. The minimum atomic E-state index is -0.560. The summed E-state index contributed by atoms with van der Waals surface area (Å²) < 4.78 is 26.8. The summed E-state index contributed by atoms with van der Waals surface area (Å²) in [6.45, 7) is 52.8. The molecule has 0 unspecified atom stereocenters. The fourth-order valence-corrected chi connectivity index (χ4v) is 26.0. The second kappa shape index (κ2) is 46.7. The van der Waals surface area contributed by atoms with Crippen molar-refractivity contribution in [1.29, 1.82) is 0 Å². The quantitative estimate of drug-likeness (QED) is 0.0395. The van der Waals surface area contributed by atoms with Crippen molar-refractivity contribution in [1.82, 2.24) is 59.5 Å². The van der Waals surface area contributed by atoms with Gasteiger partial charge in [-0.2, -0.15) is 0 Å². The Morgan fingerprint density at radius 1 is 0.439 bits per heavy atom. The molecule has 0 saturated heterocycles. The van der Waals surface area contributed by atoms with Crippen LogP contribution >= 0.6 is 90.7 Å². The van der Waals surface area contributed by atoms with Crippen molar-refractivity contribution < 1.29 is 57.3 Å². The standard InChI is InChI=1S/2C28H37N3O3S2.2C22H24N4O3S2.C4H11N/c1-7-17(2)9-8-10-19(32)15-23-24(26-30-21-16-29-13-11-22(21)36-26)20-12-14-31(18(3)25(20)35-23)27(33)34-28(4,5)6;1-7-17(2)9-8-10-19(32)14-23-25(26-30-21-15-29-12-11-22(21)36-26)20-13-18(3)31(16-24(20)35-23)27(33)34-28(4,5)6;1-6-16(27)25-20-17(19-24-14-11-23-9-7-15(14)30-19)13-8-10-26(12(2)18(13)31-20)21(28)29-22(3,4)5;1-6-17(27)25-20-18(19-24-14-10-23-8-7-15(14)30-19)13-9-12(2)26(11-16(13)31-20)21(28)29-22(3,4)5;1-3-4(2)5/h11,13,16-18H,7-10,12,14-15H2,1-6H3;11-12,15,17-18H,7-10,13-14,16H2,1-6H3;6-7,9,11-12H,1,8,10H2,2-5H3,(H,25,27);6-8,10,12H,1,9,11H2,2-5H3,(H,25,27);4H,3,5H2,1-2H3/t2*17-,18+;2*12-;4-/m00110/s1. The molecule has 0 bridgehead atoms. The number of Topliss-reactive ketones (excluding diaryl/α,β-unsaturated/α-hetero) is 2. The first kappa shape index (κ1) is 108. The summed E-state index contributed by atoms with van der Waals surface area (Å²) in [5, 5.41) is 10.9. The van der Waals surface area contributed by atoms with Crippen LogP contribution in [0.3, 0.4) is 0 Å². The molecule has 7 atom stereocenters. The Morgan fingerprint density at radius 3 is 1.09 bits per heavy atom. The zero-order valence-corrected chi connectivity index (χ0v) is 90.6. The van der Waals surface area contributed by atoms with Crippen LogP contribution in [0, 0.1) is 11.8 Å². The number of anilines is 2. The van der Waals surface area contributed by atoms with Crippen LogP contribution < -0.4 is 16.4 Å². The Kier molecular flexibility index (Phi) is 36.1. The highest BCUT2D eigenvalue weighted by Gasteiger charge is 2.42. The summed E-state index contributed by atoms with van der Waals surface area (Å²) in [7, 11) is 0. The number of fused-ring (bicyclic) bond motifs is 8. The van der Waals surface area contributed by atoms with E-state index in [1.807, 2.05) is 138 Å². The van der Waals surface area contributed by atoms with Crippen LogP contribution in [0.4, 0.5) is 29.2 Å². The zero-order chi connectivity index (χ0) is 101. The predicted molar refractivity (Wildman–Crippen MR) is 569 cm³/mol. The third-order valence-corrected chi connectivity index (χ3v) is 33.3. The highest BCUT2D eigenvalue weighted by atomic mass is 32.1. The zero-order valence-electron chi connectivity index (χ0n) is 84.1. The summed E-state index contributed by atoms with van der Waals surface area (Å²) >= 11 is 12.7. The maximum atomic E-state index is 13.1. The van der Waals surface area contributed by atoms with Crippen molar-refractivity contribution in [2.75, 3.05) is 23.7 Å². The van der Waals surface area contributed by atoms with Gasteiger partial charge in [-0.1, -0.05) is 73.5 Å². The van der Waals surface area contributed by atoms with Crippen LogP contribution in [0.25, 0.3) is 83.2 Å². The van der Waals surface area contributed by atoms with Crippen LogP contribution in [0.5, 0.6) is 0 Å². The summed E-state index contributed by atoms with van der Waals surface area (Å²) in [6, 6.07) is 7.89. The minimum absolute atomic E-state index is 0.00386. The number of ether oxygens (including phenoxy) is 4. The lowest BCUT2D eigenvalue weighted by Crippen LogP contribution is -2.44. The fraction of sp³-hybridized carbons (Fsp3) is 0.500. The molecule has 6 amide bonds. The molecule has 16 heterocycles. The van der Waals surface area contributed by atoms with E-state index in [4.69, 9.17) is 44.6 Å². The van der Waals surface area contributed by atoms with E-state index >= 15 is 0 Å². The monoisotopic (exact) mass is 2040 g/mol. The van der Waals surface area contributed by atoms with Crippen molar-refractivity contribution in [2.45, 2.75) is 314 Å². The normalized spacial score (nSPS) is 16.4. The van der Waals surface area contributed by atoms with Crippen LogP contribution in [-0.4, -0.2) is 161 Å². The number of carbonyl (C=O) groups is 8. The van der Waals surface area contributed by atoms with E-state index in [-0.39, 0.29) is 71.9 Å². The number of thiazole rings is 4. The van der Waals surface area contributed by atoms with E-state index in [2.05, 4.69) is 92.2 Å². The van der Waals surface area contributed by atoms with Gasteiger partial charge in [-0.05, 0) is 233 Å². The molecule has 0 spiro atoms. The maximum absolute atomic E-state index is 13.1. The molecule has 0 radical (unpaired) electrons. The SMILES string of the molecule is C=CC(=O)Nc1sc2c(c1-c1nc3cnccc3s1)CCN(C(=O)OC(C)(C)C)[C@@H]2C.C=CC(=O)Nc1sc2c(c1-c1nc3cnccc3s1)C[C@@H](C)N(C(=O)OC(C)(C)C)C2.CC[C@H](C)CCCC(=O)Cc1sc2c(c1-c1nc3cnccc3s1)CCN(C(=O)OC(C)(C)C)[C@@H]2C.CC[C@H](C)CCCC(=O)Cc1sc2c(c1-c1nc3cnccc3s1)C[C@@H](C)N(C(=O)OC(C)(C)C)C2.CC[C@H](C)N. The van der Waals surface area contributed by atoms with Gasteiger partial charge in [0.05, 0.1) is 68.8 Å². The van der Waals surface area contributed by atoms with Gasteiger partial charge in [0.2, 0.25) is 11.8 Å². The van der Waals surface area contributed by atoms with Gasteiger partial charge in [-0.15, -0.1) is 90.7 Å². The lowest BCUT2D eigenvalue weighted by Gasteiger charge is -2.35. The fourth-order valence-electron chi connectivity index (χ4n) is 16.3. The molecule has 0 aromatic carbocycles. The van der Waals surface area contributed by atoms with Crippen LogP contribution in [0.1, 0.15) is 274 Å². The largest absolute Gasteiger partial charge is 0.444 e. The Morgan fingerprint density at radius 2 is 0.748 bits per heavy atom. The second-order valence-electron chi connectivity index (χ2n) is 39.9. The van der Waals surface area contributed by atoms with Crippen molar-refractivity contribution in [3.8, 4) is 42.3 Å². The molecule has 4 N–H and O–H groups in total. The first-order valence-corrected chi connectivity index (χ1v) is 54.3. The lowest BCUT2D eigenvalue weighted by atomic mass is 9.95. The van der Waals surface area contributed by atoms with Gasteiger partial charge in [0.25, 0.3) is 0 Å². The van der Waals surface area contributed by atoms with Crippen molar-refractivity contribution in [2.24, 2.45) is 17.6 Å². The van der Waals surface area contributed by atoms with Crippen LogP contribution in [0.2, 0.25) is 0 Å². The summed E-state index contributed by atoms with van der Waals surface area (Å²) in [5.74, 6) is 1.30. The molecule has 0 aliphatic carbocycles. The number of carbonyl (C=O) groups excluding carboxylic acids is 8. The first-order chi connectivity index (χ1) is 65.7. The Labute approximate surface area is 848 Å². The molecular weight excluding hydrogens is 1910 g/mol. The minimum Gasteiger partial charge on any atom is -0.444 e. The van der Waals surface area contributed by atoms with Gasteiger partial charge < -0.3 is 54.9 Å². The van der Waals surface area contributed by atoms with Crippen molar-refractivity contribution in [3.05, 3.63) is 151 Å². The Balaban J connectivity index is 0.000000163. The maximum Gasteiger partial charge on any atom is 0.410 e. The number of hydrogen-bond acceptors (Lipinski definition) is 29. The molecule has 4 aliphatic rings. The molecule has 0 fully saturated rings. The van der Waals surface area contributed by atoms with Crippen molar-refractivity contribution in [3.63, 3.8) is 0 Å². The van der Waals surface area contributed by atoms with Gasteiger partial charge in [0, 0.05) is 133 Å². The Hall–Kier alpha value is -10.2. The van der Waals surface area contributed by atoms with Gasteiger partial charge in [-0.3, -0.25) is 39.1 Å². The van der Waals surface area contributed by atoms with Gasteiger partial charge in [0.1, 0.15) is 86.1 Å². The first-order valence-electron chi connectivity index (χ1n) is 47.8. The number of rotatable bonds is 23. The van der Waals surface area contributed by atoms with E-state index < -0.39 is 22.4 Å². The molecule has 16 rings (SSSR count). The third kappa shape index (κ3) is 27.8. The number of thiophene rings is 4. The third-order valence-electron chi connectivity index (χ3n) is 24.0. The number of hydrogen-bond donors (Lipinski definition) is 3. The predicted octanol–water partition coefficient (Wildman–Crippen LogP) is 26.4. The highest BCUT2D eigenvalue weighted by Crippen LogP contribution is 2.53. The lowest BCUT2D eigenvalue weighted by molar-refractivity contribution is -0.119. The van der Waals surface area contributed by atoms with Gasteiger partial charge in [0.15, 0.2) is 0 Å². The molecule has 35 heteroatoms. The van der Waals surface area contributed by atoms with E-state index in [1.54, 1.807) is 127 Å². The number of pyridine rings is 4. The van der Waals surface area contributed by atoms with E-state index in [0.29, 0.717) is 82.6 Å². The number of aromatic nitrogens is 8. The Bertz CT molecular complexity index is 6240. The number of amides is 6. The average Bonchev–Trinajstić information content (AvgIpc) is 1.62. The number of ketones is 2. The van der Waals surface area contributed by atoms with E-state index in [0.717, 1.165) is 191 Å². The van der Waals surface area contributed by atoms with Crippen molar-refractivity contribution >= 4 is 189 Å². The molecule has 0 saturated carbocycles. The summed E-state index contributed by atoms with van der Waals surface area (Å²) in [5.41, 5.74) is 15.2. The van der Waals surface area contributed by atoms with Crippen LogP contribution in [0.15, 0.2) is 99.2 Å². The highest BCUT2D eigenvalue weighted by molar-refractivity contribution is 7.24. The molecule has 4 aliphatic heterocycles. The van der Waals surface area contributed by atoms with Crippen LogP contribution in [-0.2, 0) is 89.7 Å². The molecule has 12 aromatic rings. The molecule has 12 aromatic heterocycles. The summed E-state index contributed by atoms with van der Waals surface area (Å²) in [6.07, 6.45) is 27.6. The van der Waals surface area contributed by atoms with E-state index in [9.17, 15) is 38.4 Å². The number of nitrogens with zero attached hydrogens (tertiary/aromatic N) is 12.